The smallest absolute Gasteiger partial charge is 0.272 e. The Kier molecular flexibility index (Phi) is 3.94. The lowest BCUT2D eigenvalue weighted by atomic mass is 10.1. The molecule has 1 aromatic heterocycles. The van der Waals surface area contributed by atoms with Crippen molar-refractivity contribution >= 4 is 22.5 Å². The van der Waals surface area contributed by atoms with Crippen LogP contribution in [0.1, 0.15) is 16.1 Å². The van der Waals surface area contributed by atoms with Gasteiger partial charge in [-0.3, -0.25) is 4.79 Å². The van der Waals surface area contributed by atoms with Gasteiger partial charge in [-0.2, -0.15) is 0 Å². The minimum absolute atomic E-state index is 0.127. The van der Waals surface area contributed by atoms with E-state index in [1.165, 1.54) is 0 Å². The first kappa shape index (κ1) is 14.4. The average Bonchev–Trinajstić information content (AvgIpc) is 2.87. The number of hydrogen-bond acceptors (Lipinski definition) is 2. The summed E-state index contributed by atoms with van der Waals surface area (Å²) in [6.07, 6.45) is 0.622. The zero-order chi connectivity index (χ0) is 15.5. The van der Waals surface area contributed by atoms with Gasteiger partial charge in [0.15, 0.2) is 0 Å². The number of aliphatic hydroxyl groups excluding tert-OH is 1. The fraction of sp³-hybridized carbons (Fsp3) is 0.167. The molecule has 0 aliphatic carbocycles. The van der Waals surface area contributed by atoms with Gasteiger partial charge in [0.1, 0.15) is 5.69 Å². The molecular weight excluding hydrogens is 276 g/mol. The SMILES string of the molecule is Cn1c(C(=O)Nc2ccc(CCO)cc2)cc2ccccc21. The fourth-order valence-electron chi connectivity index (χ4n) is 2.59. The molecular formula is C18H18N2O2. The molecule has 0 aliphatic heterocycles. The number of nitrogens with zero attached hydrogens (tertiary/aromatic N) is 1. The monoisotopic (exact) mass is 294 g/mol. The lowest BCUT2D eigenvalue weighted by molar-refractivity contribution is 0.101. The van der Waals surface area contributed by atoms with E-state index >= 15 is 0 Å². The second-order valence-electron chi connectivity index (χ2n) is 5.27. The van der Waals surface area contributed by atoms with Crippen LogP contribution in [-0.4, -0.2) is 22.2 Å². The van der Waals surface area contributed by atoms with E-state index in [1.54, 1.807) is 0 Å². The number of carbonyl (C=O) groups excluding carboxylic acids is 1. The number of anilines is 1. The summed E-state index contributed by atoms with van der Waals surface area (Å²) in [5.74, 6) is -0.131. The second kappa shape index (κ2) is 6.03. The van der Waals surface area contributed by atoms with Crippen molar-refractivity contribution in [1.29, 1.82) is 0 Å². The van der Waals surface area contributed by atoms with Gasteiger partial charge in [-0.15, -0.1) is 0 Å². The number of aliphatic hydroxyl groups is 1. The number of aromatic nitrogens is 1. The molecule has 112 valence electrons. The summed E-state index contributed by atoms with van der Waals surface area (Å²) in [6.45, 7) is 0.127. The van der Waals surface area contributed by atoms with E-state index in [0.29, 0.717) is 12.1 Å². The summed E-state index contributed by atoms with van der Waals surface area (Å²) in [7, 11) is 1.89. The number of nitrogens with one attached hydrogen (secondary N) is 1. The van der Waals surface area contributed by atoms with Gasteiger partial charge in [-0.25, -0.2) is 0 Å². The molecule has 3 rings (SSSR count). The van der Waals surface area contributed by atoms with Gasteiger partial charge in [0.25, 0.3) is 5.91 Å². The normalized spacial score (nSPS) is 10.8. The number of hydrogen-bond donors (Lipinski definition) is 2. The van der Waals surface area contributed by atoms with Crippen LogP contribution in [0.3, 0.4) is 0 Å². The summed E-state index contributed by atoms with van der Waals surface area (Å²) < 4.78 is 1.89. The first-order chi connectivity index (χ1) is 10.7. The highest BCUT2D eigenvalue weighted by molar-refractivity contribution is 6.06. The molecule has 4 heteroatoms. The quantitative estimate of drug-likeness (QED) is 0.777. The highest BCUT2D eigenvalue weighted by Crippen LogP contribution is 2.19. The van der Waals surface area contributed by atoms with Crippen molar-refractivity contribution in [3.05, 3.63) is 65.9 Å². The average molecular weight is 294 g/mol. The molecule has 0 saturated carbocycles. The lowest BCUT2D eigenvalue weighted by Gasteiger charge is -2.07. The summed E-state index contributed by atoms with van der Waals surface area (Å²) in [5.41, 5.74) is 3.45. The minimum atomic E-state index is -0.131. The highest BCUT2D eigenvalue weighted by atomic mass is 16.2. The van der Waals surface area contributed by atoms with Crippen LogP contribution in [0.4, 0.5) is 5.69 Å². The molecule has 3 aromatic rings. The lowest BCUT2D eigenvalue weighted by Crippen LogP contribution is -2.15. The van der Waals surface area contributed by atoms with Gasteiger partial charge in [-0.1, -0.05) is 30.3 Å². The van der Waals surface area contributed by atoms with Crippen LogP contribution >= 0.6 is 0 Å². The van der Waals surface area contributed by atoms with Gasteiger partial charge in [0, 0.05) is 30.2 Å². The zero-order valence-corrected chi connectivity index (χ0v) is 12.4. The molecule has 22 heavy (non-hydrogen) atoms. The first-order valence-electron chi connectivity index (χ1n) is 7.24. The van der Waals surface area contributed by atoms with Crippen LogP contribution in [0.5, 0.6) is 0 Å². The minimum Gasteiger partial charge on any atom is -0.396 e. The van der Waals surface area contributed by atoms with Gasteiger partial charge >= 0.3 is 0 Å². The van der Waals surface area contributed by atoms with Crippen LogP contribution in [0, 0.1) is 0 Å². The third-order valence-corrected chi connectivity index (χ3v) is 3.80. The topological polar surface area (TPSA) is 54.3 Å². The first-order valence-corrected chi connectivity index (χ1v) is 7.24. The maximum atomic E-state index is 12.4. The van der Waals surface area contributed by atoms with Crippen molar-refractivity contribution in [2.24, 2.45) is 7.05 Å². The van der Waals surface area contributed by atoms with Gasteiger partial charge in [0.05, 0.1) is 0 Å². The second-order valence-corrected chi connectivity index (χ2v) is 5.27. The van der Waals surface area contributed by atoms with Crippen LogP contribution in [-0.2, 0) is 13.5 Å². The number of fused-ring (bicyclic) bond motifs is 1. The Morgan fingerprint density at radius 2 is 1.86 bits per heavy atom. The molecule has 0 saturated heterocycles. The predicted octanol–water partition coefficient (Wildman–Crippen LogP) is 2.97. The largest absolute Gasteiger partial charge is 0.396 e. The molecule has 0 unspecified atom stereocenters. The summed E-state index contributed by atoms with van der Waals surface area (Å²) in [4.78, 5) is 12.4. The Morgan fingerprint density at radius 1 is 1.14 bits per heavy atom. The van der Waals surface area contributed by atoms with Gasteiger partial charge in [0.2, 0.25) is 0 Å². The van der Waals surface area contributed by atoms with Crippen molar-refractivity contribution in [2.75, 3.05) is 11.9 Å². The molecule has 4 nitrogen and oxygen atoms in total. The van der Waals surface area contributed by atoms with E-state index in [-0.39, 0.29) is 12.5 Å². The van der Waals surface area contributed by atoms with E-state index < -0.39 is 0 Å². The van der Waals surface area contributed by atoms with Crippen LogP contribution < -0.4 is 5.32 Å². The Labute approximate surface area is 129 Å². The number of aryl methyl sites for hydroxylation is 1. The maximum absolute atomic E-state index is 12.4. The summed E-state index contributed by atoms with van der Waals surface area (Å²) >= 11 is 0. The molecule has 0 radical (unpaired) electrons. The van der Waals surface area contributed by atoms with Gasteiger partial charge < -0.3 is 15.0 Å². The highest BCUT2D eigenvalue weighted by Gasteiger charge is 2.13. The molecule has 0 bridgehead atoms. The number of carbonyl (C=O) groups is 1. The Balaban J connectivity index is 1.82. The van der Waals surface area contributed by atoms with E-state index in [0.717, 1.165) is 22.2 Å². The summed E-state index contributed by atoms with van der Waals surface area (Å²) in [6, 6.07) is 17.3. The molecule has 0 fully saturated rings. The van der Waals surface area contributed by atoms with E-state index in [2.05, 4.69) is 5.32 Å². The van der Waals surface area contributed by atoms with Crippen molar-refractivity contribution in [2.45, 2.75) is 6.42 Å². The van der Waals surface area contributed by atoms with E-state index in [9.17, 15) is 4.79 Å². The van der Waals surface area contributed by atoms with Crippen molar-refractivity contribution in [1.82, 2.24) is 4.57 Å². The number of para-hydroxylation sites is 1. The molecule has 2 aromatic carbocycles. The Bertz CT molecular complexity index is 804. The zero-order valence-electron chi connectivity index (χ0n) is 12.4. The molecule has 0 spiro atoms. The van der Waals surface area contributed by atoms with Crippen LogP contribution in [0.15, 0.2) is 54.6 Å². The van der Waals surface area contributed by atoms with Crippen molar-refractivity contribution in [3.8, 4) is 0 Å². The van der Waals surface area contributed by atoms with E-state index in [1.807, 2.05) is 66.2 Å². The molecule has 0 aliphatic rings. The Hall–Kier alpha value is -2.59. The molecule has 1 heterocycles. The number of amides is 1. The molecule has 2 N–H and O–H groups in total. The molecule has 0 atom stereocenters. The third-order valence-electron chi connectivity index (χ3n) is 3.80. The van der Waals surface area contributed by atoms with E-state index in [4.69, 9.17) is 5.11 Å². The third kappa shape index (κ3) is 2.73. The van der Waals surface area contributed by atoms with Crippen molar-refractivity contribution < 1.29 is 9.90 Å². The standard InChI is InChI=1S/C18H18N2O2/c1-20-16-5-3-2-4-14(16)12-17(20)18(22)19-15-8-6-13(7-9-15)10-11-21/h2-9,12,21H,10-11H2,1H3,(H,19,22). The summed E-state index contributed by atoms with van der Waals surface area (Å²) in [5, 5.41) is 12.9. The van der Waals surface area contributed by atoms with Gasteiger partial charge in [-0.05, 0) is 36.2 Å². The fourth-order valence-corrected chi connectivity index (χ4v) is 2.59. The van der Waals surface area contributed by atoms with Crippen molar-refractivity contribution in [3.63, 3.8) is 0 Å². The molecule has 1 amide bonds. The Morgan fingerprint density at radius 3 is 2.55 bits per heavy atom. The number of benzene rings is 2. The van der Waals surface area contributed by atoms with Crippen LogP contribution in [0.2, 0.25) is 0 Å². The number of rotatable bonds is 4. The maximum Gasteiger partial charge on any atom is 0.272 e. The van der Waals surface area contributed by atoms with Crippen LogP contribution in [0.25, 0.3) is 10.9 Å². The predicted molar refractivity (Wildman–Crippen MR) is 88.1 cm³/mol.